The number of rotatable bonds is 4. The molecule has 9 aromatic rings. The highest BCUT2D eigenvalue weighted by molar-refractivity contribution is 6.13. The highest BCUT2D eigenvalue weighted by Crippen LogP contribution is 2.39. The summed E-state index contributed by atoms with van der Waals surface area (Å²) in [6.45, 7) is 0. The van der Waals surface area contributed by atoms with Gasteiger partial charge in [-0.1, -0.05) is 109 Å². The van der Waals surface area contributed by atoms with Crippen molar-refractivity contribution in [3.8, 4) is 45.3 Å². The molecule has 0 fully saturated rings. The Hall–Kier alpha value is -6.07. The van der Waals surface area contributed by atoms with E-state index in [9.17, 15) is 4.11 Å². The van der Waals surface area contributed by atoms with Crippen LogP contribution in [0.25, 0.3) is 89.2 Å². The molecule has 206 valence electrons. The van der Waals surface area contributed by atoms with Crippen molar-refractivity contribution in [1.82, 2.24) is 15.0 Å². The fraction of sp³-hybridized carbons (Fsp3) is 0. The molecule has 9 rings (SSSR count). The fourth-order valence-electron chi connectivity index (χ4n) is 4.68. The normalized spacial score (nSPS) is 19.0. The number of benzene rings is 6. The Morgan fingerprint density at radius 1 is 0.409 bits per heavy atom. The number of hydrogen-bond acceptors (Lipinski definition) is 5. The SMILES string of the molecule is [2H]c1c([2H])c([2H])c(-c2nc(-c3c([2H])c([2H])c4c(oc5c([2H])c([2H])c([2H])c(-c6c([2H])c([2H])c([2H])c([2H])c6[2H])c54)c3[2H])nc(-c3c([2H])c([2H])c([2H])c4c3oc3c([2H])c([2H])c([2H])c([2H])c34)n2)c([2H])c1[2H]. The van der Waals surface area contributed by atoms with Crippen LogP contribution in [0.4, 0.5) is 0 Å². The van der Waals surface area contributed by atoms with E-state index in [1.54, 1.807) is 0 Å². The van der Waals surface area contributed by atoms with Crippen LogP contribution in [0, 0.1) is 0 Å². The van der Waals surface area contributed by atoms with Crippen molar-refractivity contribution in [2.45, 2.75) is 0 Å². The monoisotopic (exact) mass is 588 g/mol. The van der Waals surface area contributed by atoms with Gasteiger partial charge in [0.2, 0.25) is 0 Å². The third-order valence-electron chi connectivity index (χ3n) is 6.57. The number of aromatic nitrogens is 3. The molecule has 0 aliphatic heterocycles. The second-order valence-corrected chi connectivity index (χ2v) is 9.08. The highest BCUT2D eigenvalue weighted by Gasteiger charge is 2.19. The molecule has 5 nitrogen and oxygen atoms in total. The van der Waals surface area contributed by atoms with Crippen LogP contribution in [0.3, 0.4) is 0 Å². The van der Waals surface area contributed by atoms with Gasteiger partial charge in [0.05, 0.1) is 37.1 Å². The molecule has 3 aromatic heterocycles. The summed E-state index contributed by atoms with van der Waals surface area (Å²) >= 11 is 0. The van der Waals surface area contributed by atoms with Crippen molar-refractivity contribution >= 4 is 43.9 Å². The van der Waals surface area contributed by atoms with Crippen LogP contribution in [0.15, 0.2) is 148 Å². The molecule has 0 saturated heterocycles. The molecular weight excluding hydrogens is 542 g/mol. The zero-order valence-corrected chi connectivity index (χ0v) is 21.7. The Morgan fingerprint density at radius 3 is 1.89 bits per heavy atom. The summed E-state index contributed by atoms with van der Waals surface area (Å²) in [5, 5.41) is -1.62. The topological polar surface area (TPSA) is 65.0 Å². The van der Waals surface area contributed by atoms with Gasteiger partial charge in [0.25, 0.3) is 0 Å². The van der Waals surface area contributed by atoms with Crippen molar-refractivity contribution in [3.05, 3.63) is 139 Å². The van der Waals surface area contributed by atoms with E-state index in [1.165, 1.54) is 0 Å². The summed E-state index contributed by atoms with van der Waals surface area (Å²) in [7, 11) is 0. The van der Waals surface area contributed by atoms with Crippen LogP contribution in [0.1, 0.15) is 31.5 Å². The third kappa shape index (κ3) is 3.91. The first-order valence-corrected chi connectivity index (χ1v) is 12.7. The lowest BCUT2D eigenvalue weighted by molar-refractivity contribution is 0.668. The minimum atomic E-state index is -0.907. The van der Waals surface area contributed by atoms with E-state index < -0.39 is 217 Å². The van der Waals surface area contributed by atoms with Crippen molar-refractivity contribution < 1.29 is 40.4 Å². The van der Waals surface area contributed by atoms with Crippen LogP contribution in [0.5, 0.6) is 0 Å². The molecule has 0 radical (unpaired) electrons. The lowest BCUT2D eigenvalue weighted by Crippen LogP contribution is -2.00. The highest BCUT2D eigenvalue weighted by atomic mass is 16.3. The third-order valence-corrected chi connectivity index (χ3v) is 6.57. The van der Waals surface area contributed by atoms with Crippen LogP contribution in [-0.2, 0) is 0 Å². The summed E-state index contributed by atoms with van der Waals surface area (Å²) in [5.74, 6) is -2.25. The first kappa shape index (κ1) is 10.9. The first-order chi connectivity index (χ1) is 31.4. The maximum absolute atomic E-state index is 9.45. The van der Waals surface area contributed by atoms with Gasteiger partial charge >= 0.3 is 0 Å². The fourth-order valence-corrected chi connectivity index (χ4v) is 4.68. The van der Waals surface area contributed by atoms with E-state index in [2.05, 4.69) is 15.0 Å². The average Bonchev–Trinajstić information content (AvgIpc) is 3.90. The summed E-state index contributed by atoms with van der Waals surface area (Å²) in [4.78, 5) is 13.1. The van der Waals surface area contributed by atoms with E-state index in [4.69, 9.17) is 36.2 Å². The molecule has 0 amide bonds. The average molecular weight is 589 g/mol. The van der Waals surface area contributed by atoms with Gasteiger partial charge in [0.15, 0.2) is 17.5 Å². The molecule has 0 aliphatic rings. The molecule has 44 heavy (non-hydrogen) atoms. The summed E-state index contributed by atoms with van der Waals surface area (Å²) in [5.41, 5.74) is -5.31. The smallest absolute Gasteiger partial charge is 0.167 e. The molecule has 0 saturated carbocycles. The van der Waals surface area contributed by atoms with Gasteiger partial charge < -0.3 is 8.83 Å². The predicted octanol–water partition coefficient (Wildman–Crippen LogP) is 10.3. The zero-order chi connectivity index (χ0) is 49.1. The van der Waals surface area contributed by atoms with Crippen molar-refractivity contribution in [2.75, 3.05) is 0 Å². The Kier molecular flexibility index (Phi) is 2.41. The van der Waals surface area contributed by atoms with Crippen LogP contribution in [0.2, 0.25) is 0 Å². The predicted molar refractivity (Wildman–Crippen MR) is 176 cm³/mol. The maximum Gasteiger partial charge on any atom is 0.167 e. The lowest BCUT2D eigenvalue weighted by atomic mass is 9.99. The van der Waals surface area contributed by atoms with Gasteiger partial charge in [-0.3, -0.25) is 0 Å². The van der Waals surface area contributed by atoms with Gasteiger partial charge in [0.1, 0.15) is 22.3 Å². The summed E-state index contributed by atoms with van der Waals surface area (Å²) in [6.07, 6.45) is 0. The number of furan rings is 2. The van der Waals surface area contributed by atoms with Crippen molar-refractivity contribution in [2.24, 2.45) is 0 Å². The molecule has 0 N–H and O–H groups in total. The minimum Gasteiger partial charge on any atom is -0.456 e. The molecule has 6 aromatic carbocycles. The Bertz CT molecular complexity index is 3750. The molecule has 3 heterocycles. The Labute approximate surface area is 284 Å². The largest absolute Gasteiger partial charge is 0.456 e. The molecule has 0 bridgehead atoms. The van der Waals surface area contributed by atoms with Crippen LogP contribution in [-0.4, -0.2) is 15.0 Å². The van der Waals surface area contributed by atoms with E-state index in [-0.39, 0.29) is 10.8 Å². The number of nitrogens with zero attached hydrogens (tertiary/aromatic N) is 3. The van der Waals surface area contributed by atoms with Gasteiger partial charge in [-0.05, 0) is 41.3 Å². The quantitative estimate of drug-likeness (QED) is 0.205. The Balaban J connectivity index is 1.45. The van der Waals surface area contributed by atoms with E-state index in [0.29, 0.717) is 0 Å². The zero-order valence-electron chi connectivity index (χ0n) is 44.7. The number of para-hydroxylation sites is 2. The van der Waals surface area contributed by atoms with Gasteiger partial charge in [-0.25, -0.2) is 15.0 Å². The minimum absolute atomic E-state index is 0.347. The van der Waals surface area contributed by atoms with Gasteiger partial charge in [-0.15, -0.1) is 0 Å². The van der Waals surface area contributed by atoms with E-state index in [1.807, 2.05) is 0 Å². The second kappa shape index (κ2) is 9.75. The molecule has 0 atom stereocenters. The molecule has 5 heteroatoms. The van der Waals surface area contributed by atoms with Crippen molar-refractivity contribution in [1.29, 1.82) is 0 Å². The molecular formula is C39H23N3O2. The number of hydrogen-bond donors (Lipinski definition) is 0. The van der Waals surface area contributed by atoms with Gasteiger partial charge in [0, 0.05) is 32.7 Å². The molecule has 0 aliphatic carbocycles. The number of fused-ring (bicyclic) bond motifs is 6. The Morgan fingerprint density at radius 2 is 1.05 bits per heavy atom. The second-order valence-electron chi connectivity index (χ2n) is 9.08. The summed E-state index contributed by atoms with van der Waals surface area (Å²) in [6, 6.07) is -18.4. The molecule has 0 spiro atoms. The maximum atomic E-state index is 9.45. The van der Waals surface area contributed by atoms with Crippen molar-refractivity contribution in [3.63, 3.8) is 0 Å². The standard InChI is InChI=1S/C39H23N3O2/c1-3-11-24(12-4-1)27-16-10-20-33-35(27)30-22-21-26(23-34(30)43-33)38-40-37(25-13-5-2-6-14-25)41-39(42-38)31-18-9-17-29-28-15-7-8-19-32(28)44-36(29)31/h1-23H/i1D,2D,3D,4D,5D,6D,7D,8D,9D,10D,11D,12D,13D,14D,15D,16D,17D,18D,19D,20D,21D,22D,23D. The lowest BCUT2D eigenvalue weighted by Gasteiger charge is -2.09. The molecule has 0 unspecified atom stereocenters. The van der Waals surface area contributed by atoms with Crippen LogP contribution < -0.4 is 0 Å². The summed E-state index contributed by atoms with van der Waals surface area (Å²) < 4.78 is 211. The van der Waals surface area contributed by atoms with Crippen LogP contribution >= 0.6 is 0 Å². The van der Waals surface area contributed by atoms with Gasteiger partial charge in [-0.2, -0.15) is 0 Å². The van der Waals surface area contributed by atoms with E-state index in [0.717, 1.165) is 0 Å². The first-order valence-electron chi connectivity index (χ1n) is 24.2. The van der Waals surface area contributed by atoms with E-state index >= 15 is 0 Å².